The van der Waals surface area contributed by atoms with Gasteiger partial charge in [-0.1, -0.05) is 140 Å². The highest BCUT2D eigenvalue weighted by molar-refractivity contribution is 7.25. The summed E-state index contributed by atoms with van der Waals surface area (Å²) in [6, 6.07) is 66.2. The topological polar surface area (TPSA) is 26.3 Å². The molecule has 0 unspecified atom stereocenters. The summed E-state index contributed by atoms with van der Waals surface area (Å²) in [7, 11) is 0. The predicted octanol–water partition coefficient (Wildman–Crippen LogP) is 16.3. The Morgan fingerprint density at radius 1 is 0.281 bits per heavy atom. The number of furan rings is 2. The fraction of sp³-hybridized carbons (Fsp3) is 0. The van der Waals surface area contributed by atoms with Gasteiger partial charge >= 0.3 is 0 Å². The lowest BCUT2D eigenvalue weighted by Gasteiger charge is -2.18. The van der Waals surface area contributed by atoms with E-state index < -0.39 is 0 Å². The molecule has 2 nitrogen and oxygen atoms in total. The van der Waals surface area contributed by atoms with Crippen molar-refractivity contribution < 1.29 is 8.83 Å². The molecule has 57 heavy (non-hydrogen) atoms. The summed E-state index contributed by atoms with van der Waals surface area (Å²) in [5.74, 6) is 0. The molecule has 13 rings (SSSR count). The number of hydrogen-bond donors (Lipinski definition) is 0. The fourth-order valence-electron chi connectivity index (χ4n) is 9.55. The lowest BCUT2D eigenvalue weighted by atomic mass is 9.85. The van der Waals surface area contributed by atoms with Crippen LogP contribution in [-0.2, 0) is 0 Å². The van der Waals surface area contributed by atoms with Crippen LogP contribution in [0.5, 0.6) is 0 Å². The van der Waals surface area contributed by atoms with E-state index in [1.807, 2.05) is 23.5 Å². The van der Waals surface area contributed by atoms with Crippen LogP contribution in [0.25, 0.3) is 130 Å². The molecule has 3 aromatic heterocycles. The van der Waals surface area contributed by atoms with Crippen molar-refractivity contribution in [2.45, 2.75) is 0 Å². The van der Waals surface area contributed by atoms with Gasteiger partial charge in [0.1, 0.15) is 22.3 Å². The molecule has 0 aliphatic rings. The molecule has 0 atom stereocenters. The number of thiophene rings is 1. The highest BCUT2D eigenvalue weighted by Gasteiger charge is 2.20. The first-order valence-electron chi connectivity index (χ1n) is 19.4. The first kappa shape index (κ1) is 31.1. The molecule has 264 valence electrons. The Kier molecular flexibility index (Phi) is 6.35. The van der Waals surface area contributed by atoms with Crippen LogP contribution < -0.4 is 0 Å². The van der Waals surface area contributed by atoms with Gasteiger partial charge in [-0.25, -0.2) is 0 Å². The van der Waals surface area contributed by atoms with E-state index in [1.165, 1.54) is 74.7 Å². The van der Waals surface area contributed by atoms with Gasteiger partial charge in [-0.3, -0.25) is 0 Å². The average molecular weight is 743 g/mol. The van der Waals surface area contributed by atoms with E-state index >= 15 is 0 Å². The normalized spacial score (nSPS) is 12.2. The zero-order chi connectivity index (χ0) is 37.2. The largest absolute Gasteiger partial charge is 0.456 e. The van der Waals surface area contributed by atoms with Gasteiger partial charge in [-0.15, -0.1) is 11.3 Å². The second kappa shape index (κ2) is 11.7. The zero-order valence-electron chi connectivity index (χ0n) is 30.5. The Bertz CT molecular complexity index is 3750. The van der Waals surface area contributed by atoms with Crippen LogP contribution in [0.1, 0.15) is 0 Å². The van der Waals surface area contributed by atoms with Crippen LogP contribution in [0.4, 0.5) is 0 Å². The molecule has 0 aliphatic carbocycles. The Morgan fingerprint density at radius 3 is 1.54 bits per heavy atom. The van der Waals surface area contributed by atoms with Crippen molar-refractivity contribution in [1.29, 1.82) is 0 Å². The highest BCUT2D eigenvalue weighted by Crippen LogP contribution is 2.47. The van der Waals surface area contributed by atoms with Crippen molar-refractivity contribution in [3.05, 3.63) is 182 Å². The fourth-order valence-corrected chi connectivity index (χ4v) is 10.6. The van der Waals surface area contributed by atoms with Crippen molar-refractivity contribution >= 4 is 108 Å². The Labute approximate surface area is 330 Å². The standard InChI is InChI=1S/C54H30O2S/c1-2-14-37-34(11-1)42(29-49-54(37)45-28-43-35-12-7-9-19-46(35)55-47(43)30-48(45)56-49)31-21-23-32(24-22-31)52-38-15-3-5-17-40(38)53(41-18-6-4-16-39(41)52)33-25-26-51-44(27-33)36-13-8-10-20-50(36)57-51/h1-30H. The summed E-state index contributed by atoms with van der Waals surface area (Å²) in [4.78, 5) is 0. The van der Waals surface area contributed by atoms with Gasteiger partial charge < -0.3 is 8.83 Å². The van der Waals surface area contributed by atoms with E-state index in [0.717, 1.165) is 55.0 Å². The minimum Gasteiger partial charge on any atom is -0.456 e. The lowest BCUT2D eigenvalue weighted by Crippen LogP contribution is -1.91. The van der Waals surface area contributed by atoms with Crippen molar-refractivity contribution in [1.82, 2.24) is 0 Å². The van der Waals surface area contributed by atoms with Crippen molar-refractivity contribution in [3.8, 4) is 33.4 Å². The van der Waals surface area contributed by atoms with Crippen LogP contribution in [0.15, 0.2) is 191 Å². The van der Waals surface area contributed by atoms with Crippen LogP contribution in [0.3, 0.4) is 0 Å². The van der Waals surface area contributed by atoms with Gasteiger partial charge in [0.2, 0.25) is 0 Å². The number of fused-ring (bicyclic) bond motifs is 13. The highest BCUT2D eigenvalue weighted by atomic mass is 32.1. The summed E-state index contributed by atoms with van der Waals surface area (Å²) >= 11 is 1.87. The van der Waals surface area contributed by atoms with E-state index in [-0.39, 0.29) is 0 Å². The van der Waals surface area contributed by atoms with Gasteiger partial charge in [0.25, 0.3) is 0 Å². The van der Waals surface area contributed by atoms with E-state index in [4.69, 9.17) is 8.83 Å². The molecule has 0 bridgehead atoms. The maximum atomic E-state index is 6.64. The number of hydrogen-bond acceptors (Lipinski definition) is 3. The maximum absolute atomic E-state index is 6.64. The van der Waals surface area contributed by atoms with E-state index in [1.54, 1.807) is 0 Å². The molecule has 13 aromatic rings. The average Bonchev–Trinajstić information content (AvgIpc) is 3.95. The third-order valence-electron chi connectivity index (χ3n) is 12.1. The molecular formula is C54H30O2S. The molecule has 0 amide bonds. The molecule has 0 N–H and O–H groups in total. The van der Waals surface area contributed by atoms with Crippen molar-refractivity contribution in [2.75, 3.05) is 0 Å². The molecule has 0 radical (unpaired) electrons. The molecular weight excluding hydrogens is 713 g/mol. The van der Waals surface area contributed by atoms with Crippen LogP contribution >= 0.6 is 11.3 Å². The Morgan fingerprint density at radius 2 is 0.807 bits per heavy atom. The smallest absolute Gasteiger partial charge is 0.139 e. The van der Waals surface area contributed by atoms with Crippen LogP contribution in [0.2, 0.25) is 0 Å². The molecule has 0 spiro atoms. The minimum absolute atomic E-state index is 0.833. The lowest BCUT2D eigenvalue weighted by molar-refractivity contribution is 0.656. The SMILES string of the molecule is c1ccc2c(c1)oc1cc3oc4cc(-c5ccc(-c6c7ccccc7c(-c7ccc8sc9ccccc9c8c7)c7ccccc67)cc5)c5ccccc5c4c3cc12. The van der Waals surface area contributed by atoms with Gasteiger partial charge in [-0.05, 0) is 102 Å². The number of rotatable bonds is 3. The molecule has 0 saturated heterocycles. The minimum atomic E-state index is 0.833. The van der Waals surface area contributed by atoms with Crippen molar-refractivity contribution in [2.24, 2.45) is 0 Å². The zero-order valence-corrected chi connectivity index (χ0v) is 31.4. The number of para-hydroxylation sites is 1. The van der Waals surface area contributed by atoms with Crippen LogP contribution in [-0.4, -0.2) is 0 Å². The first-order chi connectivity index (χ1) is 28.2. The van der Waals surface area contributed by atoms with E-state index in [9.17, 15) is 0 Å². The van der Waals surface area contributed by atoms with E-state index in [2.05, 4.69) is 170 Å². The van der Waals surface area contributed by atoms with Gasteiger partial charge in [0.15, 0.2) is 0 Å². The summed E-state index contributed by atoms with van der Waals surface area (Å²) in [6.45, 7) is 0. The first-order valence-corrected chi connectivity index (χ1v) is 20.2. The summed E-state index contributed by atoms with van der Waals surface area (Å²) in [5, 5.41) is 14.5. The third-order valence-corrected chi connectivity index (χ3v) is 13.2. The molecule has 0 aliphatic heterocycles. The quantitative estimate of drug-likeness (QED) is 0.169. The third kappa shape index (κ3) is 4.46. The Balaban J connectivity index is 0.985. The maximum Gasteiger partial charge on any atom is 0.139 e. The molecule has 0 saturated carbocycles. The second-order valence-corrected chi connectivity index (χ2v) is 16.2. The molecule has 3 heteroatoms. The van der Waals surface area contributed by atoms with Crippen molar-refractivity contribution in [3.63, 3.8) is 0 Å². The number of benzene rings is 10. The molecule has 3 heterocycles. The second-order valence-electron chi connectivity index (χ2n) is 15.1. The summed E-state index contributed by atoms with van der Waals surface area (Å²) < 4.78 is 15.5. The van der Waals surface area contributed by atoms with Crippen LogP contribution in [0, 0.1) is 0 Å². The Hall–Kier alpha value is -7.20. The van der Waals surface area contributed by atoms with E-state index in [0.29, 0.717) is 0 Å². The monoisotopic (exact) mass is 742 g/mol. The predicted molar refractivity (Wildman–Crippen MR) is 243 cm³/mol. The summed E-state index contributed by atoms with van der Waals surface area (Å²) in [5.41, 5.74) is 10.7. The summed E-state index contributed by atoms with van der Waals surface area (Å²) in [6.07, 6.45) is 0. The van der Waals surface area contributed by atoms with Gasteiger partial charge in [0, 0.05) is 47.8 Å². The van der Waals surface area contributed by atoms with Gasteiger partial charge in [0.05, 0.1) is 0 Å². The molecule has 10 aromatic carbocycles. The molecule has 0 fully saturated rings. The van der Waals surface area contributed by atoms with Gasteiger partial charge in [-0.2, -0.15) is 0 Å².